The third kappa shape index (κ3) is 3.67. The van der Waals surface area contributed by atoms with E-state index in [4.69, 9.17) is 4.74 Å². The Morgan fingerprint density at radius 1 is 1.43 bits per heavy atom. The molecule has 0 bridgehead atoms. The number of ether oxygens (including phenoxy) is 1. The number of hydrogen-bond donors (Lipinski definition) is 1. The van der Waals surface area contributed by atoms with E-state index in [0.29, 0.717) is 12.5 Å². The number of hydrogen-bond acceptors (Lipinski definition) is 2. The van der Waals surface area contributed by atoms with Gasteiger partial charge in [0, 0.05) is 50.4 Å². The molecular weight excluding hydrogens is 290 g/mol. The lowest BCUT2D eigenvalue weighted by atomic mass is 10.1. The van der Waals surface area contributed by atoms with Crippen LogP contribution in [0.3, 0.4) is 0 Å². The number of para-hydroxylation sites is 1. The minimum absolute atomic E-state index is 0.00832. The molecule has 2 heterocycles. The lowest BCUT2D eigenvalue weighted by molar-refractivity contribution is 0.171. The first kappa shape index (κ1) is 15.9. The van der Waals surface area contributed by atoms with E-state index in [0.717, 1.165) is 32.7 Å². The zero-order valence-corrected chi connectivity index (χ0v) is 13.9. The molecule has 2 amide bonds. The second-order valence-electron chi connectivity index (χ2n) is 6.34. The van der Waals surface area contributed by atoms with Gasteiger partial charge in [0.25, 0.3) is 0 Å². The molecule has 0 saturated carbocycles. The van der Waals surface area contributed by atoms with Crippen LogP contribution in [0, 0.1) is 12.8 Å². The van der Waals surface area contributed by atoms with Crippen molar-refractivity contribution in [3.8, 4) is 0 Å². The van der Waals surface area contributed by atoms with Crippen LogP contribution in [0.25, 0.3) is 10.9 Å². The van der Waals surface area contributed by atoms with Gasteiger partial charge in [0.05, 0.1) is 6.61 Å². The fraction of sp³-hybridized carbons (Fsp3) is 0.500. The summed E-state index contributed by atoms with van der Waals surface area (Å²) in [5.74, 6) is 0.474. The minimum atomic E-state index is -0.00832. The molecule has 23 heavy (non-hydrogen) atoms. The maximum absolute atomic E-state index is 12.2. The molecule has 3 rings (SSSR count). The highest BCUT2D eigenvalue weighted by Gasteiger charge is 2.19. The molecule has 0 radical (unpaired) electrons. The van der Waals surface area contributed by atoms with Crippen molar-refractivity contribution in [3.63, 3.8) is 0 Å². The summed E-state index contributed by atoms with van der Waals surface area (Å²) in [4.78, 5) is 13.9. The van der Waals surface area contributed by atoms with Crippen molar-refractivity contribution in [2.75, 3.05) is 33.4 Å². The lowest BCUT2D eigenvalue weighted by Crippen LogP contribution is -2.41. The first-order valence-corrected chi connectivity index (χ1v) is 8.26. The van der Waals surface area contributed by atoms with Gasteiger partial charge in [0.15, 0.2) is 0 Å². The van der Waals surface area contributed by atoms with Gasteiger partial charge in [-0.2, -0.15) is 0 Å². The van der Waals surface area contributed by atoms with Gasteiger partial charge in [-0.3, -0.25) is 0 Å². The molecule has 1 aliphatic rings. The molecule has 0 aliphatic carbocycles. The molecule has 1 aliphatic heterocycles. The average molecular weight is 315 g/mol. The van der Waals surface area contributed by atoms with Gasteiger partial charge in [-0.15, -0.1) is 0 Å². The number of aryl methyl sites for hydroxylation is 1. The van der Waals surface area contributed by atoms with Crippen molar-refractivity contribution >= 4 is 16.9 Å². The standard InChI is InChI=1S/C18H25N3O2/c1-14-11-16-5-3-4-6-17(16)21(14)9-8-19-18(22)20(2)12-15-7-10-23-13-15/h3-6,11,15H,7-10,12-13H2,1-2H3,(H,19,22)/t15-/m1/s1. The van der Waals surface area contributed by atoms with Gasteiger partial charge in [-0.25, -0.2) is 4.79 Å². The molecule has 5 nitrogen and oxygen atoms in total. The largest absolute Gasteiger partial charge is 0.381 e. The molecule has 1 saturated heterocycles. The summed E-state index contributed by atoms with van der Waals surface area (Å²) < 4.78 is 7.61. The summed E-state index contributed by atoms with van der Waals surface area (Å²) in [7, 11) is 1.85. The van der Waals surface area contributed by atoms with Crippen LogP contribution in [0.15, 0.2) is 30.3 Å². The molecule has 0 spiro atoms. The van der Waals surface area contributed by atoms with Gasteiger partial charge >= 0.3 is 6.03 Å². The van der Waals surface area contributed by atoms with Gasteiger partial charge in [0.1, 0.15) is 0 Å². The van der Waals surface area contributed by atoms with Crippen molar-refractivity contribution in [2.24, 2.45) is 5.92 Å². The van der Waals surface area contributed by atoms with Crippen molar-refractivity contribution in [1.29, 1.82) is 0 Å². The molecule has 1 aromatic carbocycles. The van der Waals surface area contributed by atoms with Crippen LogP contribution < -0.4 is 5.32 Å². The maximum atomic E-state index is 12.2. The van der Waals surface area contributed by atoms with E-state index in [1.54, 1.807) is 4.90 Å². The van der Waals surface area contributed by atoms with Crippen molar-refractivity contribution in [3.05, 3.63) is 36.0 Å². The van der Waals surface area contributed by atoms with Crippen molar-refractivity contribution in [1.82, 2.24) is 14.8 Å². The van der Waals surface area contributed by atoms with Gasteiger partial charge in [0.2, 0.25) is 0 Å². The number of aromatic nitrogens is 1. The van der Waals surface area contributed by atoms with E-state index in [1.807, 2.05) is 13.1 Å². The van der Waals surface area contributed by atoms with Gasteiger partial charge in [-0.1, -0.05) is 18.2 Å². The van der Waals surface area contributed by atoms with Gasteiger partial charge in [-0.05, 0) is 30.9 Å². The Labute approximate surface area is 137 Å². The number of urea groups is 1. The van der Waals surface area contributed by atoms with Crippen LogP contribution >= 0.6 is 0 Å². The van der Waals surface area contributed by atoms with Gasteiger partial charge < -0.3 is 19.5 Å². The Balaban J connectivity index is 1.51. The number of benzene rings is 1. The Bertz CT molecular complexity index is 674. The van der Waals surface area contributed by atoms with E-state index in [-0.39, 0.29) is 6.03 Å². The molecule has 124 valence electrons. The van der Waals surface area contributed by atoms with Crippen LogP contribution in [-0.2, 0) is 11.3 Å². The van der Waals surface area contributed by atoms with Crippen LogP contribution in [0.2, 0.25) is 0 Å². The molecule has 2 aromatic rings. The van der Waals surface area contributed by atoms with E-state index >= 15 is 0 Å². The third-order valence-electron chi connectivity index (χ3n) is 4.53. The second kappa shape index (κ2) is 7.04. The van der Waals surface area contributed by atoms with Crippen LogP contribution in [0.4, 0.5) is 4.79 Å². The molecule has 1 aromatic heterocycles. The highest BCUT2D eigenvalue weighted by molar-refractivity contribution is 5.81. The van der Waals surface area contributed by atoms with E-state index in [9.17, 15) is 4.79 Å². The van der Waals surface area contributed by atoms with E-state index in [2.05, 4.69) is 41.1 Å². The Kier molecular flexibility index (Phi) is 4.86. The summed E-state index contributed by atoms with van der Waals surface area (Å²) in [5, 5.41) is 4.26. The van der Waals surface area contributed by atoms with E-state index in [1.165, 1.54) is 16.6 Å². The van der Waals surface area contributed by atoms with Crippen LogP contribution in [-0.4, -0.2) is 48.8 Å². The monoisotopic (exact) mass is 315 g/mol. The topological polar surface area (TPSA) is 46.5 Å². The molecule has 1 atom stereocenters. The average Bonchev–Trinajstić information content (AvgIpc) is 3.15. The van der Waals surface area contributed by atoms with Crippen LogP contribution in [0.1, 0.15) is 12.1 Å². The quantitative estimate of drug-likeness (QED) is 0.922. The highest BCUT2D eigenvalue weighted by Crippen LogP contribution is 2.18. The molecule has 1 N–H and O–H groups in total. The molecule has 1 fully saturated rings. The second-order valence-corrected chi connectivity index (χ2v) is 6.34. The zero-order chi connectivity index (χ0) is 16.2. The maximum Gasteiger partial charge on any atom is 0.317 e. The molecule has 0 unspecified atom stereocenters. The van der Waals surface area contributed by atoms with Crippen molar-refractivity contribution < 1.29 is 9.53 Å². The number of carbonyl (C=O) groups is 1. The fourth-order valence-electron chi connectivity index (χ4n) is 3.25. The van der Waals surface area contributed by atoms with E-state index < -0.39 is 0 Å². The fourth-order valence-corrected chi connectivity index (χ4v) is 3.25. The van der Waals surface area contributed by atoms with Crippen LogP contribution in [0.5, 0.6) is 0 Å². The Hall–Kier alpha value is -2.01. The summed E-state index contributed by atoms with van der Waals surface area (Å²) in [6.07, 6.45) is 1.05. The number of amides is 2. The minimum Gasteiger partial charge on any atom is -0.381 e. The first-order chi connectivity index (χ1) is 11.1. The number of nitrogens with zero attached hydrogens (tertiary/aromatic N) is 2. The predicted octanol–water partition coefficient (Wildman–Crippen LogP) is 2.63. The first-order valence-electron chi connectivity index (χ1n) is 8.26. The number of rotatable bonds is 5. The number of fused-ring (bicyclic) bond motifs is 1. The smallest absolute Gasteiger partial charge is 0.317 e. The third-order valence-corrected chi connectivity index (χ3v) is 4.53. The summed E-state index contributed by atoms with van der Waals surface area (Å²) in [5.41, 5.74) is 2.44. The molecular formula is C18H25N3O2. The highest BCUT2D eigenvalue weighted by atomic mass is 16.5. The van der Waals surface area contributed by atoms with Crippen molar-refractivity contribution in [2.45, 2.75) is 19.9 Å². The summed E-state index contributed by atoms with van der Waals surface area (Å²) in [6, 6.07) is 10.5. The normalized spacial score (nSPS) is 17.6. The SMILES string of the molecule is Cc1cc2ccccc2n1CCNC(=O)N(C)C[C@H]1CCOC1. The Morgan fingerprint density at radius 3 is 3.04 bits per heavy atom. The Morgan fingerprint density at radius 2 is 2.26 bits per heavy atom. The summed E-state index contributed by atoms with van der Waals surface area (Å²) >= 11 is 0. The lowest BCUT2D eigenvalue weighted by Gasteiger charge is -2.21. The molecule has 5 heteroatoms. The number of carbonyl (C=O) groups excluding carboxylic acids is 1. The number of nitrogens with one attached hydrogen (secondary N) is 1. The zero-order valence-electron chi connectivity index (χ0n) is 13.9. The predicted molar refractivity (Wildman–Crippen MR) is 91.6 cm³/mol. The summed E-state index contributed by atoms with van der Waals surface area (Å²) in [6.45, 7) is 5.87.